The molecule has 0 aliphatic rings. The highest BCUT2D eigenvalue weighted by atomic mass is 14.7. The molecule has 1 aromatic heterocycles. The Kier molecular flexibility index (Phi) is 1.71. The Hall–Kier alpha value is -1.50. The molecule has 0 bridgehead atoms. The largest absolute Gasteiger partial charge is 0.361 e. The van der Waals surface area contributed by atoms with E-state index < -0.39 is 0 Å². The van der Waals surface area contributed by atoms with Gasteiger partial charge >= 0.3 is 0 Å². The lowest BCUT2D eigenvalue weighted by Gasteiger charge is -1.90. The van der Waals surface area contributed by atoms with E-state index in [2.05, 4.69) is 23.7 Å². The maximum Gasteiger partial charge on any atom is 0.0463 e. The second-order valence-corrected chi connectivity index (χ2v) is 2.77. The lowest BCUT2D eigenvalue weighted by molar-refractivity contribution is 1.29. The van der Waals surface area contributed by atoms with E-state index in [1.165, 1.54) is 10.9 Å². The van der Waals surface area contributed by atoms with Crippen LogP contribution in [0, 0.1) is 6.07 Å². The van der Waals surface area contributed by atoms with Crippen LogP contribution in [0.2, 0.25) is 0 Å². The molecule has 2 rings (SSSR count). The highest BCUT2D eigenvalue weighted by molar-refractivity contribution is 5.82. The van der Waals surface area contributed by atoms with Crippen LogP contribution in [0.1, 0.15) is 5.56 Å². The van der Waals surface area contributed by atoms with Crippen molar-refractivity contribution in [3.05, 3.63) is 48.7 Å². The number of allylic oxidation sites excluding steroid dienone is 1. The third kappa shape index (κ3) is 1.03. The molecule has 1 nitrogen and oxygen atoms in total. The average Bonchev–Trinajstić information content (AvgIpc) is 2.50. The molecule has 0 saturated heterocycles. The summed E-state index contributed by atoms with van der Waals surface area (Å²) in [7, 11) is 0. The third-order valence-electron chi connectivity index (χ3n) is 1.94. The number of fused-ring (bicyclic) bond motifs is 1. The number of hydrogen-bond donors (Lipinski definition) is 1. The van der Waals surface area contributed by atoms with Crippen LogP contribution < -0.4 is 0 Å². The molecule has 0 fully saturated rings. The van der Waals surface area contributed by atoms with E-state index >= 15 is 0 Å². The molecule has 59 valence electrons. The van der Waals surface area contributed by atoms with Crippen LogP contribution in [0.4, 0.5) is 0 Å². The van der Waals surface area contributed by atoms with Crippen LogP contribution in [0.25, 0.3) is 10.9 Å². The summed E-state index contributed by atoms with van der Waals surface area (Å²) in [5.41, 5.74) is 2.41. The Labute approximate surface area is 71.7 Å². The van der Waals surface area contributed by atoms with Crippen LogP contribution in [-0.4, -0.2) is 4.98 Å². The van der Waals surface area contributed by atoms with Crippen molar-refractivity contribution in [2.45, 2.75) is 6.42 Å². The van der Waals surface area contributed by atoms with Gasteiger partial charge < -0.3 is 4.98 Å². The second-order valence-electron chi connectivity index (χ2n) is 2.77. The lowest BCUT2D eigenvalue weighted by Crippen LogP contribution is -1.75. The zero-order valence-corrected chi connectivity index (χ0v) is 6.80. The first-order valence-corrected chi connectivity index (χ1v) is 3.99. The number of hydrogen-bond acceptors (Lipinski definition) is 0. The fraction of sp³-hybridized carbons (Fsp3) is 0.0909. The molecule has 0 atom stereocenters. The van der Waals surface area contributed by atoms with Gasteiger partial charge in [0.05, 0.1) is 0 Å². The van der Waals surface area contributed by atoms with Crippen molar-refractivity contribution in [2.24, 2.45) is 0 Å². The monoisotopic (exact) mass is 156 g/mol. The first kappa shape index (κ1) is 7.17. The molecule has 0 unspecified atom stereocenters. The summed E-state index contributed by atoms with van der Waals surface area (Å²) in [6.07, 6.45) is 4.83. The second kappa shape index (κ2) is 2.86. The Morgan fingerprint density at radius 2 is 2.50 bits per heavy atom. The topological polar surface area (TPSA) is 15.8 Å². The lowest BCUT2D eigenvalue weighted by atomic mass is 10.1. The Bertz CT molecular complexity index is 398. The van der Waals surface area contributed by atoms with E-state index in [0.29, 0.717) is 0 Å². The number of aromatic amines is 1. The molecule has 0 aliphatic carbocycles. The molecule has 0 amide bonds. The fourth-order valence-corrected chi connectivity index (χ4v) is 1.38. The summed E-state index contributed by atoms with van der Waals surface area (Å²) in [6, 6.07) is 9.18. The molecule has 1 N–H and O–H groups in total. The van der Waals surface area contributed by atoms with Gasteiger partial charge in [-0.1, -0.05) is 18.2 Å². The van der Waals surface area contributed by atoms with E-state index in [0.717, 1.165) is 11.9 Å². The maximum absolute atomic E-state index is 3.71. The standard InChI is InChI=1S/C11H10N/c1-2-5-9-8-12-11-7-4-3-6-10(9)11/h2-4,7-8,12H,1,5H2. The zero-order chi connectivity index (χ0) is 8.39. The summed E-state index contributed by atoms with van der Waals surface area (Å²) in [4.78, 5) is 3.19. The van der Waals surface area contributed by atoms with Crippen LogP contribution in [0.15, 0.2) is 37.1 Å². The normalized spacial score (nSPS) is 10.3. The van der Waals surface area contributed by atoms with Crippen molar-refractivity contribution >= 4 is 10.9 Å². The molecular formula is C11H10N. The van der Waals surface area contributed by atoms with Crippen molar-refractivity contribution in [3.63, 3.8) is 0 Å². The Morgan fingerprint density at radius 1 is 1.58 bits per heavy atom. The first-order chi connectivity index (χ1) is 5.92. The van der Waals surface area contributed by atoms with E-state index in [1.807, 2.05) is 24.4 Å². The average molecular weight is 156 g/mol. The van der Waals surface area contributed by atoms with Crippen LogP contribution in [0.5, 0.6) is 0 Å². The molecule has 1 aromatic carbocycles. The van der Waals surface area contributed by atoms with Crippen molar-refractivity contribution in [1.29, 1.82) is 0 Å². The summed E-state index contributed by atoms with van der Waals surface area (Å²) < 4.78 is 0. The molecule has 2 aromatic rings. The molecular weight excluding hydrogens is 146 g/mol. The van der Waals surface area contributed by atoms with Crippen molar-refractivity contribution in [3.8, 4) is 0 Å². The molecule has 1 radical (unpaired) electrons. The number of aromatic nitrogens is 1. The van der Waals surface area contributed by atoms with Crippen molar-refractivity contribution in [2.75, 3.05) is 0 Å². The summed E-state index contributed by atoms with van der Waals surface area (Å²) in [5, 5.41) is 1.18. The van der Waals surface area contributed by atoms with Gasteiger partial charge in [0.1, 0.15) is 0 Å². The smallest absolute Gasteiger partial charge is 0.0463 e. The number of benzene rings is 1. The van der Waals surface area contributed by atoms with Gasteiger partial charge in [-0.05, 0) is 24.1 Å². The third-order valence-corrected chi connectivity index (χ3v) is 1.94. The number of H-pyrrole nitrogens is 1. The van der Waals surface area contributed by atoms with E-state index in [9.17, 15) is 0 Å². The Morgan fingerprint density at radius 3 is 3.33 bits per heavy atom. The van der Waals surface area contributed by atoms with E-state index in [-0.39, 0.29) is 0 Å². The van der Waals surface area contributed by atoms with Gasteiger partial charge in [0, 0.05) is 17.1 Å². The zero-order valence-electron chi connectivity index (χ0n) is 6.80. The molecule has 1 heterocycles. The highest BCUT2D eigenvalue weighted by Crippen LogP contribution is 2.17. The van der Waals surface area contributed by atoms with Gasteiger partial charge in [0.15, 0.2) is 0 Å². The number of nitrogens with one attached hydrogen (secondary N) is 1. The summed E-state index contributed by atoms with van der Waals surface area (Å²) >= 11 is 0. The minimum Gasteiger partial charge on any atom is -0.361 e. The first-order valence-electron chi connectivity index (χ1n) is 3.99. The summed E-state index contributed by atoms with van der Waals surface area (Å²) in [6.45, 7) is 3.71. The predicted molar refractivity (Wildman–Crippen MR) is 51.0 cm³/mol. The molecule has 0 saturated carbocycles. The van der Waals surface area contributed by atoms with E-state index in [4.69, 9.17) is 0 Å². The molecule has 0 aliphatic heterocycles. The molecule has 0 spiro atoms. The Balaban J connectivity index is 2.62. The van der Waals surface area contributed by atoms with Crippen LogP contribution in [-0.2, 0) is 6.42 Å². The van der Waals surface area contributed by atoms with Gasteiger partial charge in [0.2, 0.25) is 0 Å². The van der Waals surface area contributed by atoms with Gasteiger partial charge in [-0.3, -0.25) is 0 Å². The minimum atomic E-state index is 0.903. The minimum absolute atomic E-state index is 0.903. The summed E-state index contributed by atoms with van der Waals surface area (Å²) in [5.74, 6) is 0. The fourth-order valence-electron chi connectivity index (χ4n) is 1.38. The molecule has 12 heavy (non-hydrogen) atoms. The number of rotatable bonds is 2. The van der Waals surface area contributed by atoms with Crippen LogP contribution >= 0.6 is 0 Å². The molecule has 1 heteroatoms. The van der Waals surface area contributed by atoms with Crippen LogP contribution in [0.3, 0.4) is 0 Å². The quantitative estimate of drug-likeness (QED) is 0.643. The highest BCUT2D eigenvalue weighted by Gasteiger charge is 1.99. The van der Waals surface area contributed by atoms with Crippen molar-refractivity contribution in [1.82, 2.24) is 4.98 Å². The van der Waals surface area contributed by atoms with E-state index in [1.54, 1.807) is 0 Å². The predicted octanol–water partition coefficient (Wildman–Crippen LogP) is 2.70. The van der Waals surface area contributed by atoms with Gasteiger partial charge in [-0.2, -0.15) is 0 Å². The van der Waals surface area contributed by atoms with Crippen molar-refractivity contribution < 1.29 is 0 Å². The van der Waals surface area contributed by atoms with Gasteiger partial charge in [-0.15, -0.1) is 6.58 Å². The SMILES string of the molecule is C=CCc1c[nH]c2ccc[c]c12. The van der Waals surface area contributed by atoms with Gasteiger partial charge in [-0.25, -0.2) is 0 Å². The van der Waals surface area contributed by atoms with Gasteiger partial charge in [0.25, 0.3) is 0 Å². The maximum atomic E-state index is 3.71.